The number of rotatable bonds is 4. The highest BCUT2D eigenvalue weighted by Crippen LogP contribution is 2.52. The molecule has 7 nitrogen and oxygen atoms in total. The van der Waals surface area contributed by atoms with E-state index in [0.29, 0.717) is 11.7 Å². The molecule has 0 bridgehead atoms. The first-order valence-electron chi connectivity index (χ1n) is 10.2. The standard InChI is InChI=1S/C24H20N4O3S/c1-29-14-9-10-16(18(12-14)30-2)23-20-21(15-6-3-4-7-17(15)31-23)27-24-25-13-26-28(24)22(20)19-8-5-11-32-19/h3-13,22-23H,1-2H3,(H,25,26,27). The van der Waals surface area contributed by atoms with Crippen LogP contribution in [0.25, 0.3) is 5.70 Å². The third-order valence-electron chi connectivity index (χ3n) is 5.86. The van der Waals surface area contributed by atoms with Crippen molar-refractivity contribution in [3.63, 3.8) is 0 Å². The number of para-hydroxylation sites is 1. The van der Waals surface area contributed by atoms with Crippen molar-refractivity contribution in [1.29, 1.82) is 0 Å². The maximum atomic E-state index is 6.65. The molecule has 0 amide bonds. The van der Waals surface area contributed by atoms with Crippen molar-refractivity contribution in [1.82, 2.24) is 14.8 Å². The molecule has 2 unspecified atom stereocenters. The fourth-order valence-corrected chi connectivity index (χ4v) is 5.26. The smallest absolute Gasteiger partial charge is 0.226 e. The van der Waals surface area contributed by atoms with Crippen molar-refractivity contribution in [2.45, 2.75) is 12.1 Å². The number of benzene rings is 2. The zero-order valence-corrected chi connectivity index (χ0v) is 18.3. The van der Waals surface area contributed by atoms with Crippen molar-refractivity contribution in [3.05, 3.63) is 87.9 Å². The normalized spacial score (nSPS) is 18.7. The Morgan fingerprint density at radius 2 is 1.97 bits per heavy atom. The van der Waals surface area contributed by atoms with Gasteiger partial charge in [0.05, 0.1) is 19.9 Å². The third-order valence-corrected chi connectivity index (χ3v) is 6.78. The van der Waals surface area contributed by atoms with Crippen LogP contribution in [-0.2, 0) is 0 Å². The Kier molecular flexibility index (Phi) is 4.39. The molecule has 32 heavy (non-hydrogen) atoms. The minimum atomic E-state index is -0.391. The zero-order chi connectivity index (χ0) is 21.7. The predicted molar refractivity (Wildman–Crippen MR) is 122 cm³/mol. The summed E-state index contributed by atoms with van der Waals surface area (Å²) < 4.78 is 19.7. The van der Waals surface area contributed by atoms with E-state index in [1.165, 1.54) is 0 Å². The second kappa shape index (κ2) is 7.42. The summed E-state index contributed by atoms with van der Waals surface area (Å²) in [6, 6.07) is 17.9. The topological polar surface area (TPSA) is 70.4 Å². The summed E-state index contributed by atoms with van der Waals surface area (Å²) in [4.78, 5) is 5.62. The molecule has 2 aromatic heterocycles. The van der Waals surface area contributed by atoms with Crippen LogP contribution in [0.4, 0.5) is 5.95 Å². The summed E-state index contributed by atoms with van der Waals surface area (Å²) >= 11 is 1.69. The van der Waals surface area contributed by atoms with E-state index >= 15 is 0 Å². The van der Waals surface area contributed by atoms with E-state index in [2.05, 4.69) is 39.0 Å². The summed E-state index contributed by atoms with van der Waals surface area (Å²) in [6.45, 7) is 0. The Bertz CT molecular complexity index is 1330. The molecule has 4 aromatic rings. The molecule has 2 atom stereocenters. The van der Waals surface area contributed by atoms with Gasteiger partial charge in [0.1, 0.15) is 29.6 Å². The molecule has 8 heteroatoms. The molecular formula is C24H20N4O3S. The lowest BCUT2D eigenvalue weighted by molar-refractivity contribution is 0.218. The Morgan fingerprint density at radius 3 is 2.78 bits per heavy atom. The van der Waals surface area contributed by atoms with E-state index in [4.69, 9.17) is 14.2 Å². The van der Waals surface area contributed by atoms with Gasteiger partial charge in [0.25, 0.3) is 0 Å². The van der Waals surface area contributed by atoms with Crippen LogP contribution in [0.5, 0.6) is 17.2 Å². The first-order valence-corrected chi connectivity index (χ1v) is 11.1. The zero-order valence-electron chi connectivity index (χ0n) is 17.5. The minimum absolute atomic E-state index is 0.158. The summed E-state index contributed by atoms with van der Waals surface area (Å²) in [6.07, 6.45) is 1.19. The minimum Gasteiger partial charge on any atom is -0.497 e. The Balaban J connectivity index is 1.62. The average molecular weight is 445 g/mol. The fourth-order valence-electron chi connectivity index (χ4n) is 4.43. The van der Waals surface area contributed by atoms with Gasteiger partial charge in [-0.05, 0) is 35.7 Å². The molecule has 4 heterocycles. The van der Waals surface area contributed by atoms with Crippen LogP contribution < -0.4 is 19.5 Å². The van der Waals surface area contributed by atoms with Crippen LogP contribution in [0.2, 0.25) is 0 Å². The number of methoxy groups -OCH3 is 2. The van der Waals surface area contributed by atoms with Gasteiger partial charge in [-0.3, -0.25) is 0 Å². The summed E-state index contributed by atoms with van der Waals surface area (Å²) in [5.41, 5.74) is 3.98. The molecule has 0 spiro atoms. The number of fused-ring (bicyclic) bond motifs is 3. The maximum Gasteiger partial charge on any atom is 0.226 e. The molecular weight excluding hydrogens is 424 g/mol. The van der Waals surface area contributed by atoms with Crippen LogP contribution in [0.1, 0.15) is 28.1 Å². The molecule has 2 aliphatic heterocycles. The van der Waals surface area contributed by atoms with Gasteiger partial charge in [0.15, 0.2) is 6.10 Å². The van der Waals surface area contributed by atoms with Gasteiger partial charge in [0.2, 0.25) is 5.95 Å². The first kappa shape index (κ1) is 18.9. The van der Waals surface area contributed by atoms with Gasteiger partial charge in [-0.1, -0.05) is 18.2 Å². The lowest BCUT2D eigenvalue weighted by Crippen LogP contribution is -2.32. The second-order valence-corrected chi connectivity index (χ2v) is 8.48. The van der Waals surface area contributed by atoms with Crippen LogP contribution in [0.15, 0.2) is 71.9 Å². The average Bonchev–Trinajstić information content (AvgIpc) is 3.54. The van der Waals surface area contributed by atoms with Crippen LogP contribution in [0.3, 0.4) is 0 Å². The highest BCUT2D eigenvalue weighted by atomic mass is 32.1. The summed E-state index contributed by atoms with van der Waals surface area (Å²) in [7, 11) is 3.31. The molecule has 1 N–H and O–H groups in total. The molecule has 0 fully saturated rings. The highest BCUT2D eigenvalue weighted by molar-refractivity contribution is 7.10. The van der Waals surface area contributed by atoms with Gasteiger partial charge in [0, 0.05) is 27.6 Å². The molecule has 2 aromatic carbocycles. The number of hydrogen-bond donors (Lipinski definition) is 1. The molecule has 6 rings (SSSR count). The largest absolute Gasteiger partial charge is 0.497 e. The monoisotopic (exact) mass is 444 g/mol. The van der Waals surface area contributed by atoms with Crippen molar-refractivity contribution >= 4 is 23.0 Å². The number of anilines is 1. The number of hydrogen-bond acceptors (Lipinski definition) is 7. The lowest BCUT2D eigenvalue weighted by atomic mass is 9.86. The molecule has 2 aliphatic rings. The van der Waals surface area contributed by atoms with E-state index in [-0.39, 0.29) is 6.04 Å². The Hall–Kier alpha value is -3.78. The van der Waals surface area contributed by atoms with Crippen molar-refractivity contribution in [3.8, 4) is 17.2 Å². The molecule has 0 aliphatic carbocycles. The van der Waals surface area contributed by atoms with Crippen molar-refractivity contribution in [2.24, 2.45) is 0 Å². The fraction of sp³-hybridized carbons (Fsp3) is 0.167. The van der Waals surface area contributed by atoms with E-state index in [9.17, 15) is 0 Å². The Labute approximate surface area is 188 Å². The summed E-state index contributed by atoms with van der Waals surface area (Å²) in [5.74, 6) is 2.94. The molecule has 0 saturated carbocycles. The SMILES string of the molecule is COc1ccc(C2Oc3ccccc3C3=C2C(c2cccs2)n2ncnc2N3)c(OC)c1. The Morgan fingerprint density at radius 1 is 1.06 bits per heavy atom. The second-order valence-electron chi connectivity index (χ2n) is 7.50. The molecule has 0 radical (unpaired) electrons. The third kappa shape index (κ3) is 2.80. The van der Waals surface area contributed by atoms with Crippen LogP contribution >= 0.6 is 11.3 Å². The highest BCUT2D eigenvalue weighted by Gasteiger charge is 2.42. The van der Waals surface area contributed by atoms with Gasteiger partial charge in [-0.25, -0.2) is 4.68 Å². The van der Waals surface area contributed by atoms with Gasteiger partial charge >= 0.3 is 0 Å². The molecule has 0 saturated heterocycles. The van der Waals surface area contributed by atoms with Gasteiger partial charge in [-0.2, -0.15) is 10.1 Å². The van der Waals surface area contributed by atoms with Crippen LogP contribution in [0, 0.1) is 0 Å². The van der Waals surface area contributed by atoms with Gasteiger partial charge < -0.3 is 19.5 Å². The number of ether oxygens (including phenoxy) is 3. The predicted octanol–water partition coefficient (Wildman–Crippen LogP) is 4.92. The van der Waals surface area contributed by atoms with E-state index in [1.807, 2.05) is 41.1 Å². The number of thiophene rings is 1. The van der Waals surface area contributed by atoms with Crippen LogP contribution in [-0.4, -0.2) is 29.0 Å². The number of nitrogens with zero attached hydrogens (tertiary/aromatic N) is 3. The van der Waals surface area contributed by atoms with Crippen molar-refractivity contribution < 1.29 is 14.2 Å². The van der Waals surface area contributed by atoms with E-state index in [1.54, 1.807) is 31.9 Å². The van der Waals surface area contributed by atoms with Crippen molar-refractivity contribution in [2.75, 3.05) is 19.5 Å². The maximum absolute atomic E-state index is 6.65. The van der Waals surface area contributed by atoms with Gasteiger partial charge in [-0.15, -0.1) is 11.3 Å². The lowest BCUT2D eigenvalue weighted by Gasteiger charge is -2.38. The van der Waals surface area contributed by atoms with E-state index < -0.39 is 6.10 Å². The van der Waals surface area contributed by atoms with E-state index in [0.717, 1.165) is 38.8 Å². The number of aromatic nitrogens is 3. The number of nitrogens with one attached hydrogen (secondary N) is 1. The quantitative estimate of drug-likeness (QED) is 0.482. The first-order chi connectivity index (χ1) is 15.8. The summed E-state index contributed by atoms with van der Waals surface area (Å²) in [5, 5.41) is 10.1. The molecule has 160 valence electrons.